The zero-order valence-corrected chi connectivity index (χ0v) is 26.6. The normalized spacial score (nSPS) is 24.0. The van der Waals surface area contributed by atoms with Crippen LogP contribution in [0, 0.1) is 11.7 Å². The van der Waals surface area contributed by atoms with Crippen molar-refractivity contribution in [2.45, 2.75) is 128 Å². The molecule has 41 heavy (non-hydrogen) atoms. The Morgan fingerprint density at radius 2 is 1.63 bits per heavy atom. The van der Waals surface area contributed by atoms with Crippen molar-refractivity contribution in [3.63, 3.8) is 0 Å². The second-order valence-electron chi connectivity index (χ2n) is 14.8. The van der Waals surface area contributed by atoms with Gasteiger partial charge in [0, 0.05) is 12.5 Å². The fraction of sp³-hybridized carbons (Fsp3) is 0.639. The van der Waals surface area contributed by atoms with Crippen molar-refractivity contribution in [2.75, 3.05) is 13.6 Å². The molecule has 0 amide bonds. The third kappa shape index (κ3) is 6.88. The zero-order chi connectivity index (χ0) is 30.2. The number of carboxylic acid groups (broad SMARTS) is 1. The van der Waals surface area contributed by atoms with Crippen LogP contribution >= 0.6 is 0 Å². The summed E-state index contributed by atoms with van der Waals surface area (Å²) in [6.07, 6.45) is 6.12. The first-order valence-corrected chi connectivity index (χ1v) is 15.6. The maximum Gasteiger partial charge on any atom is 0.324 e. The number of halogens is 1. The van der Waals surface area contributed by atoms with E-state index in [2.05, 4.69) is 71.6 Å². The second kappa shape index (κ2) is 12.2. The molecule has 0 aromatic heterocycles. The molecule has 0 heterocycles. The van der Waals surface area contributed by atoms with Gasteiger partial charge in [0.25, 0.3) is 0 Å². The molecular formula is C36H52FNO3. The molecular weight excluding hydrogens is 513 g/mol. The van der Waals surface area contributed by atoms with Crippen LogP contribution in [0.25, 0.3) is 0 Å². The number of ether oxygens (including phenoxy) is 1. The van der Waals surface area contributed by atoms with Crippen molar-refractivity contribution in [1.29, 1.82) is 0 Å². The van der Waals surface area contributed by atoms with E-state index in [0.29, 0.717) is 19.4 Å². The van der Waals surface area contributed by atoms with Gasteiger partial charge in [0.1, 0.15) is 11.4 Å². The molecule has 0 radical (unpaired) electrons. The lowest BCUT2D eigenvalue weighted by Crippen LogP contribution is -2.55. The Balaban J connectivity index is 1.63. The van der Waals surface area contributed by atoms with Gasteiger partial charge in [0.05, 0.1) is 12.2 Å². The maximum absolute atomic E-state index is 14.0. The number of likely N-dealkylation sites (N-methyl/N-ethyl adjacent to an activating group) is 1. The minimum atomic E-state index is -0.797. The number of hydrogen-bond acceptors (Lipinski definition) is 3. The summed E-state index contributed by atoms with van der Waals surface area (Å²) in [4.78, 5) is 14.7. The number of nitrogens with zero attached hydrogens (tertiary/aromatic N) is 1. The van der Waals surface area contributed by atoms with Gasteiger partial charge >= 0.3 is 5.97 Å². The molecule has 1 N–H and O–H groups in total. The second-order valence-corrected chi connectivity index (χ2v) is 14.8. The number of hydrogen-bond donors (Lipinski definition) is 1. The molecule has 0 spiro atoms. The molecule has 0 saturated heterocycles. The summed E-state index contributed by atoms with van der Waals surface area (Å²) in [5, 5.41) is 10.3. The van der Waals surface area contributed by atoms with E-state index in [9.17, 15) is 14.3 Å². The van der Waals surface area contributed by atoms with E-state index in [1.165, 1.54) is 28.8 Å². The molecule has 0 aliphatic heterocycles. The summed E-state index contributed by atoms with van der Waals surface area (Å²) in [6, 6.07) is 13.7. The average molecular weight is 566 g/mol. The fourth-order valence-corrected chi connectivity index (χ4v) is 7.35. The molecule has 4 atom stereocenters. The van der Waals surface area contributed by atoms with Gasteiger partial charge in [-0.2, -0.15) is 0 Å². The van der Waals surface area contributed by atoms with Crippen LogP contribution in [0.2, 0.25) is 0 Å². The fourth-order valence-electron chi connectivity index (χ4n) is 7.35. The molecule has 4 nitrogen and oxygen atoms in total. The van der Waals surface area contributed by atoms with E-state index in [0.717, 1.165) is 37.7 Å². The number of rotatable bonds is 8. The van der Waals surface area contributed by atoms with E-state index < -0.39 is 11.5 Å². The Morgan fingerprint density at radius 1 is 1.00 bits per heavy atom. The van der Waals surface area contributed by atoms with Crippen LogP contribution in [0.4, 0.5) is 4.39 Å². The minimum Gasteiger partial charge on any atom is -0.480 e. The summed E-state index contributed by atoms with van der Waals surface area (Å²) in [5.74, 6) is -0.647. The van der Waals surface area contributed by atoms with E-state index in [1.54, 1.807) is 0 Å². The van der Waals surface area contributed by atoms with Crippen molar-refractivity contribution in [2.24, 2.45) is 5.92 Å². The quantitative estimate of drug-likeness (QED) is 0.348. The van der Waals surface area contributed by atoms with Gasteiger partial charge in [-0.25, -0.2) is 4.39 Å². The molecule has 2 aromatic carbocycles. The van der Waals surface area contributed by atoms with Crippen LogP contribution in [0.1, 0.15) is 128 Å². The van der Waals surface area contributed by atoms with Crippen LogP contribution in [0.15, 0.2) is 42.5 Å². The lowest BCUT2D eigenvalue weighted by atomic mass is 9.77. The maximum atomic E-state index is 14.0. The Kier molecular flexibility index (Phi) is 9.40. The third-order valence-corrected chi connectivity index (χ3v) is 9.85. The molecule has 2 aliphatic carbocycles. The molecule has 4 unspecified atom stereocenters. The van der Waals surface area contributed by atoms with Gasteiger partial charge in [0.2, 0.25) is 0 Å². The Morgan fingerprint density at radius 3 is 2.20 bits per heavy atom. The highest BCUT2D eigenvalue weighted by Crippen LogP contribution is 2.46. The summed E-state index contributed by atoms with van der Waals surface area (Å²) >= 11 is 0. The largest absolute Gasteiger partial charge is 0.480 e. The van der Waals surface area contributed by atoms with Gasteiger partial charge in [-0.3, -0.25) is 9.69 Å². The molecule has 5 heteroatoms. The Hall–Kier alpha value is -2.24. The zero-order valence-electron chi connectivity index (χ0n) is 26.6. The lowest BCUT2D eigenvalue weighted by Gasteiger charge is -2.43. The summed E-state index contributed by atoms with van der Waals surface area (Å²) in [7, 11) is 1.99. The van der Waals surface area contributed by atoms with Crippen molar-refractivity contribution in [3.8, 4) is 0 Å². The minimum absolute atomic E-state index is 0.0311. The van der Waals surface area contributed by atoms with Crippen molar-refractivity contribution in [1.82, 2.24) is 4.90 Å². The molecule has 4 rings (SSSR count). The molecule has 0 bridgehead atoms. The molecule has 226 valence electrons. The van der Waals surface area contributed by atoms with Crippen LogP contribution in [-0.4, -0.2) is 41.2 Å². The summed E-state index contributed by atoms with van der Waals surface area (Å²) < 4.78 is 20.9. The Labute approximate surface area is 247 Å². The number of carbonyl (C=O) groups is 1. The van der Waals surface area contributed by atoms with Crippen LogP contribution in [-0.2, 0) is 20.4 Å². The van der Waals surface area contributed by atoms with Gasteiger partial charge in [0.15, 0.2) is 0 Å². The van der Waals surface area contributed by atoms with Crippen molar-refractivity contribution in [3.05, 3.63) is 70.5 Å². The molecule has 2 aliphatic rings. The van der Waals surface area contributed by atoms with Crippen LogP contribution < -0.4 is 0 Å². The van der Waals surface area contributed by atoms with Gasteiger partial charge in [-0.05, 0) is 90.8 Å². The predicted molar refractivity (Wildman–Crippen MR) is 165 cm³/mol. The van der Waals surface area contributed by atoms with E-state index in [1.807, 2.05) is 19.2 Å². The number of benzene rings is 2. The van der Waals surface area contributed by atoms with Crippen molar-refractivity contribution < 1.29 is 19.0 Å². The number of aliphatic carboxylic acids is 1. The first kappa shape index (κ1) is 31.7. The highest BCUT2D eigenvalue weighted by Gasteiger charge is 2.46. The highest BCUT2D eigenvalue weighted by molar-refractivity contribution is 5.78. The smallest absolute Gasteiger partial charge is 0.324 e. The van der Waals surface area contributed by atoms with Crippen LogP contribution in [0.3, 0.4) is 0 Å². The van der Waals surface area contributed by atoms with E-state index in [4.69, 9.17) is 4.74 Å². The molecule has 2 aromatic rings. The number of carboxylic acids is 1. The van der Waals surface area contributed by atoms with Crippen molar-refractivity contribution >= 4 is 5.97 Å². The van der Waals surface area contributed by atoms with Gasteiger partial charge < -0.3 is 9.84 Å². The Bertz CT molecular complexity index is 1190. The monoisotopic (exact) mass is 565 g/mol. The lowest BCUT2D eigenvalue weighted by molar-refractivity contribution is -0.153. The topological polar surface area (TPSA) is 49.8 Å². The first-order chi connectivity index (χ1) is 19.1. The first-order valence-electron chi connectivity index (χ1n) is 15.6. The average Bonchev–Trinajstić information content (AvgIpc) is 3.29. The van der Waals surface area contributed by atoms with Crippen LogP contribution in [0.5, 0.6) is 0 Å². The SMILES string of the molecule is CC(OC1CCC(CN(C)C2(C(=O)O)CCCCC2)C1c1ccc(F)cc1)c1ccc(C(C)(C)C)cc1C(C)(C)C. The standard InChI is InChI=1S/C36H52FNO3/c1-24(29-18-15-27(34(2,3)4)22-30(29)35(5,6)7)41-31-19-14-26(32(31)25-12-16-28(37)17-13-25)23-38(8)36(33(39)40)20-10-9-11-21-36/h12-13,15-18,22,24,26,31-32H,9-11,14,19-21,23H2,1-8H3,(H,39,40). The van der Waals surface area contributed by atoms with E-state index in [-0.39, 0.29) is 40.7 Å². The van der Waals surface area contributed by atoms with Gasteiger partial charge in [-0.1, -0.05) is 91.1 Å². The summed E-state index contributed by atoms with van der Waals surface area (Å²) in [5.41, 5.74) is 4.16. The summed E-state index contributed by atoms with van der Waals surface area (Å²) in [6.45, 7) is 16.4. The highest BCUT2D eigenvalue weighted by atomic mass is 19.1. The molecule has 2 fully saturated rings. The third-order valence-electron chi connectivity index (χ3n) is 9.85. The molecule has 2 saturated carbocycles. The van der Waals surface area contributed by atoms with E-state index >= 15 is 0 Å². The van der Waals surface area contributed by atoms with Gasteiger partial charge in [-0.15, -0.1) is 0 Å². The predicted octanol–water partition coefficient (Wildman–Crippen LogP) is 8.78.